The van der Waals surface area contributed by atoms with Crippen molar-refractivity contribution in [2.75, 3.05) is 25.5 Å². The van der Waals surface area contributed by atoms with Gasteiger partial charge in [-0.15, -0.1) is 0 Å². The van der Waals surface area contributed by atoms with E-state index in [1.165, 1.54) is 0 Å². The smallest absolute Gasteiger partial charge is 0.256 e. The second kappa shape index (κ2) is 5.61. The summed E-state index contributed by atoms with van der Waals surface area (Å²) in [6.45, 7) is 5.17. The first-order chi connectivity index (χ1) is 9.02. The Morgan fingerprint density at radius 1 is 1.47 bits per heavy atom. The number of aliphatic hydroxyl groups is 1. The number of nitrogens with one attached hydrogen (secondary N) is 1. The lowest BCUT2D eigenvalue weighted by Crippen LogP contribution is -2.45. The van der Waals surface area contributed by atoms with Crippen LogP contribution in [0.25, 0.3) is 0 Å². The summed E-state index contributed by atoms with van der Waals surface area (Å²) in [6, 6.07) is 5.77. The minimum atomic E-state index is -0.416. The molecule has 1 amide bonds. The molecule has 2 rings (SSSR count). The second-order valence-corrected chi connectivity index (χ2v) is 5.38. The van der Waals surface area contributed by atoms with Gasteiger partial charge in [-0.3, -0.25) is 4.79 Å². The molecule has 1 aliphatic heterocycles. The van der Waals surface area contributed by atoms with Gasteiger partial charge in [0, 0.05) is 25.8 Å². The summed E-state index contributed by atoms with van der Waals surface area (Å²) in [5.41, 5.74) is 2.64. The average molecular weight is 262 g/mol. The first kappa shape index (κ1) is 13.9. The van der Waals surface area contributed by atoms with Crippen LogP contribution in [0.4, 0.5) is 5.69 Å². The molecule has 4 heteroatoms. The number of aryl methyl sites for hydroxylation is 1. The zero-order valence-corrected chi connectivity index (χ0v) is 11.8. The van der Waals surface area contributed by atoms with Gasteiger partial charge in [-0.2, -0.15) is 0 Å². The van der Waals surface area contributed by atoms with Crippen molar-refractivity contribution in [1.29, 1.82) is 0 Å². The van der Waals surface area contributed by atoms with Gasteiger partial charge in [0.25, 0.3) is 5.91 Å². The van der Waals surface area contributed by atoms with E-state index in [0.29, 0.717) is 18.7 Å². The van der Waals surface area contributed by atoms with Crippen molar-refractivity contribution in [3.8, 4) is 0 Å². The van der Waals surface area contributed by atoms with Crippen LogP contribution in [0, 0.1) is 12.8 Å². The largest absolute Gasteiger partial charge is 0.391 e. The predicted octanol–water partition coefficient (Wildman–Crippen LogP) is 1.88. The summed E-state index contributed by atoms with van der Waals surface area (Å²) in [5, 5.41) is 13.0. The monoisotopic (exact) mass is 262 g/mol. The Bertz CT molecular complexity index is 473. The molecule has 1 heterocycles. The molecule has 1 aliphatic rings. The van der Waals surface area contributed by atoms with E-state index in [1.807, 2.05) is 39.1 Å². The summed E-state index contributed by atoms with van der Waals surface area (Å²) in [4.78, 5) is 14.3. The highest BCUT2D eigenvalue weighted by Crippen LogP contribution is 2.23. The van der Waals surface area contributed by atoms with Gasteiger partial charge in [-0.25, -0.2) is 0 Å². The number of piperidine rings is 1. The topological polar surface area (TPSA) is 52.6 Å². The SMILES string of the molecule is CNc1cc(C)ccc1C(=O)N1CCC(C)C(O)C1. The Kier molecular flexibility index (Phi) is 4.10. The second-order valence-electron chi connectivity index (χ2n) is 5.38. The van der Waals surface area contributed by atoms with Crippen LogP contribution in [-0.4, -0.2) is 42.2 Å². The van der Waals surface area contributed by atoms with Gasteiger partial charge in [0.1, 0.15) is 0 Å². The van der Waals surface area contributed by atoms with Crippen LogP contribution in [-0.2, 0) is 0 Å². The van der Waals surface area contributed by atoms with E-state index >= 15 is 0 Å². The lowest BCUT2D eigenvalue weighted by atomic mass is 9.95. The average Bonchev–Trinajstić information content (AvgIpc) is 2.41. The zero-order chi connectivity index (χ0) is 14.0. The Morgan fingerprint density at radius 2 is 2.21 bits per heavy atom. The van der Waals surface area contributed by atoms with Crippen LogP contribution in [0.15, 0.2) is 18.2 Å². The zero-order valence-electron chi connectivity index (χ0n) is 11.8. The summed E-state index contributed by atoms with van der Waals surface area (Å²) in [6.07, 6.45) is 0.439. The number of rotatable bonds is 2. The summed E-state index contributed by atoms with van der Waals surface area (Å²) in [5.74, 6) is 0.265. The minimum Gasteiger partial charge on any atom is -0.391 e. The maximum atomic E-state index is 12.5. The predicted molar refractivity (Wildman–Crippen MR) is 76.4 cm³/mol. The Morgan fingerprint density at radius 3 is 2.84 bits per heavy atom. The van der Waals surface area contributed by atoms with Gasteiger partial charge in [0.15, 0.2) is 0 Å². The van der Waals surface area contributed by atoms with Crippen molar-refractivity contribution in [3.05, 3.63) is 29.3 Å². The van der Waals surface area contributed by atoms with Crippen LogP contribution in [0.2, 0.25) is 0 Å². The Balaban J connectivity index is 2.20. The fraction of sp³-hybridized carbons (Fsp3) is 0.533. The molecule has 104 valence electrons. The van der Waals surface area contributed by atoms with Gasteiger partial charge in [0.05, 0.1) is 11.7 Å². The quantitative estimate of drug-likeness (QED) is 0.855. The molecule has 1 saturated heterocycles. The molecule has 0 aromatic heterocycles. The first-order valence-electron chi connectivity index (χ1n) is 6.78. The van der Waals surface area contributed by atoms with Crippen LogP contribution < -0.4 is 5.32 Å². The number of carbonyl (C=O) groups is 1. The first-order valence-corrected chi connectivity index (χ1v) is 6.78. The van der Waals surface area contributed by atoms with Crippen molar-refractivity contribution in [1.82, 2.24) is 4.90 Å². The van der Waals surface area contributed by atoms with Crippen molar-refractivity contribution in [3.63, 3.8) is 0 Å². The van der Waals surface area contributed by atoms with Crippen LogP contribution in [0.3, 0.4) is 0 Å². The Hall–Kier alpha value is -1.55. The molecule has 0 bridgehead atoms. The molecule has 1 aromatic carbocycles. The van der Waals surface area contributed by atoms with Gasteiger partial charge >= 0.3 is 0 Å². The number of β-amino-alcohol motifs (C(OH)–C–C–N with tert-alkyl or cyclic N) is 1. The molecule has 4 nitrogen and oxygen atoms in total. The van der Waals surface area contributed by atoms with E-state index in [-0.39, 0.29) is 11.8 Å². The molecule has 19 heavy (non-hydrogen) atoms. The van der Waals surface area contributed by atoms with Crippen molar-refractivity contribution < 1.29 is 9.90 Å². The fourth-order valence-corrected chi connectivity index (χ4v) is 2.46. The summed E-state index contributed by atoms with van der Waals surface area (Å²) in [7, 11) is 1.82. The van der Waals surface area contributed by atoms with Crippen LogP contribution in [0.1, 0.15) is 29.3 Å². The number of aliphatic hydroxyl groups excluding tert-OH is 1. The van der Waals surface area contributed by atoms with E-state index in [4.69, 9.17) is 0 Å². The number of hydrogen-bond donors (Lipinski definition) is 2. The maximum Gasteiger partial charge on any atom is 0.256 e. The van der Waals surface area contributed by atoms with E-state index in [2.05, 4.69) is 5.32 Å². The molecule has 0 aliphatic carbocycles. The highest BCUT2D eigenvalue weighted by molar-refractivity contribution is 5.99. The molecule has 2 unspecified atom stereocenters. The number of carbonyl (C=O) groups excluding carboxylic acids is 1. The fourth-order valence-electron chi connectivity index (χ4n) is 2.46. The van der Waals surface area contributed by atoms with E-state index in [9.17, 15) is 9.90 Å². The number of nitrogens with zero attached hydrogens (tertiary/aromatic N) is 1. The standard InChI is InChI=1S/C15H22N2O2/c1-10-4-5-12(13(8-10)16-3)15(19)17-7-6-11(2)14(18)9-17/h4-5,8,11,14,16,18H,6-7,9H2,1-3H3. The molecular weight excluding hydrogens is 240 g/mol. The molecule has 1 fully saturated rings. The summed E-state index contributed by atoms with van der Waals surface area (Å²) < 4.78 is 0. The summed E-state index contributed by atoms with van der Waals surface area (Å²) >= 11 is 0. The van der Waals surface area contributed by atoms with Gasteiger partial charge in [-0.1, -0.05) is 13.0 Å². The van der Waals surface area contributed by atoms with E-state index < -0.39 is 6.10 Å². The number of hydrogen-bond acceptors (Lipinski definition) is 3. The lowest BCUT2D eigenvalue weighted by molar-refractivity contribution is 0.0249. The van der Waals surface area contributed by atoms with E-state index in [0.717, 1.165) is 17.7 Å². The third-order valence-electron chi connectivity index (χ3n) is 3.88. The highest BCUT2D eigenvalue weighted by atomic mass is 16.3. The molecule has 0 radical (unpaired) electrons. The number of amides is 1. The minimum absolute atomic E-state index is 0.00435. The van der Waals surface area contributed by atoms with E-state index in [1.54, 1.807) is 4.90 Å². The molecule has 0 saturated carbocycles. The van der Waals surface area contributed by atoms with Crippen molar-refractivity contribution >= 4 is 11.6 Å². The maximum absolute atomic E-state index is 12.5. The van der Waals surface area contributed by atoms with Crippen molar-refractivity contribution in [2.24, 2.45) is 5.92 Å². The molecule has 1 aromatic rings. The van der Waals surface area contributed by atoms with Gasteiger partial charge in [0.2, 0.25) is 0 Å². The third-order valence-corrected chi connectivity index (χ3v) is 3.88. The third kappa shape index (κ3) is 2.89. The van der Waals surface area contributed by atoms with Crippen molar-refractivity contribution in [2.45, 2.75) is 26.4 Å². The molecular formula is C15H22N2O2. The molecule has 0 spiro atoms. The normalized spacial score (nSPS) is 23.3. The molecule has 2 N–H and O–H groups in total. The van der Waals surface area contributed by atoms with Crippen LogP contribution in [0.5, 0.6) is 0 Å². The number of anilines is 1. The number of benzene rings is 1. The Labute approximate surface area is 114 Å². The number of likely N-dealkylation sites (tertiary alicyclic amines) is 1. The van der Waals surface area contributed by atoms with Gasteiger partial charge in [-0.05, 0) is 37.0 Å². The molecule has 2 atom stereocenters. The lowest BCUT2D eigenvalue weighted by Gasteiger charge is -2.34. The highest BCUT2D eigenvalue weighted by Gasteiger charge is 2.28. The van der Waals surface area contributed by atoms with Gasteiger partial charge < -0.3 is 15.3 Å². The van der Waals surface area contributed by atoms with Crippen LogP contribution >= 0.6 is 0 Å².